The van der Waals surface area contributed by atoms with Crippen LogP contribution in [0.25, 0.3) is 5.70 Å². The molecule has 0 aliphatic rings. The van der Waals surface area contributed by atoms with E-state index >= 15 is 0 Å². The van der Waals surface area contributed by atoms with E-state index < -0.39 is 5.82 Å². The summed E-state index contributed by atoms with van der Waals surface area (Å²) in [6.45, 7) is 5.72. The maximum atomic E-state index is 12.7. The first-order chi connectivity index (χ1) is 8.67. The molecule has 0 amide bonds. The SMILES string of the molecule is CCN[C@@H](C)CN/C=C(\N=N)c1ccc(F)cn1. The van der Waals surface area contributed by atoms with Crippen LogP contribution in [-0.2, 0) is 0 Å². The van der Waals surface area contributed by atoms with Gasteiger partial charge in [0, 0.05) is 18.8 Å². The van der Waals surface area contributed by atoms with Crippen LogP contribution in [0.15, 0.2) is 29.6 Å². The lowest BCUT2D eigenvalue weighted by Crippen LogP contribution is -2.34. The summed E-state index contributed by atoms with van der Waals surface area (Å²) in [5.41, 5.74) is 7.93. The Labute approximate surface area is 106 Å². The van der Waals surface area contributed by atoms with Gasteiger partial charge in [-0.2, -0.15) is 5.11 Å². The third-order valence-corrected chi connectivity index (χ3v) is 2.33. The summed E-state index contributed by atoms with van der Waals surface area (Å²) >= 11 is 0. The highest BCUT2D eigenvalue weighted by atomic mass is 19.1. The van der Waals surface area contributed by atoms with Crippen molar-refractivity contribution in [2.45, 2.75) is 19.9 Å². The Hall–Kier alpha value is -1.82. The summed E-state index contributed by atoms with van der Waals surface area (Å²) in [5.74, 6) is -0.406. The molecule has 5 nitrogen and oxygen atoms in total. The Kier molecular flexibility index (Phi) is 5.93. The van der Waals surface area contributed by atoms with E-state index in [-0.39, 0.29) is 0 Å². The highest BCUT2D eigenvalue weighted by molar-refractivity contribution is 5.59. The van der Waals surface area contributed by atoms with Crippen molar-refractivity contribution >= 4 is 5.70 Å². The van der Waals surface area contributed by atoms with E-state index in [1.807, 2.05) is 6.92 Å². The Morgan fingerprint density at radius 1 is 1.61 bits per heavy atom. The third-order valence-electron chi connectivity index (χ3n) is 2.33. The number of aromatic nitrogens is 1. The minimum atomic E-state index is -0.406. The van der Waals surface area contributed by atoms with Gasteiger partial charge in [0.15, 0.2) is 0 Å². The highest BCUT2D eigenvalue weighted by Crippen LogP contribution is 2.11. The van der Waals surface area contributed by atoms with Crippen LogP contribution in [0.5, 0.6) is 0 Å². The zero-order chi connectivity index (χ0) is 13.4. The molecular formula is C12H18FN5. The molecule has 0 aromatic carbocycles. The number of rotatable bonds is 7. The zero-order valence-corrected chi connectivity index (χ0v) is 10.6. The second-order valence-corrected chi connectivity index (χ2v) is 3.87. The third kappa shape index (κ3) is 4.58. The molecule has 0 radical (unpaired) electrons. The van der Waals surface area contributed by atoms with Crippen LogP contribution in [0.2, 0.25) is 0 Å². The van der Waals surface area contributed by atoms with E-state index in [9.17, 15) is 4.39 Å². The van der Waals surface area contributed by atoms with E-state index in [4.69, 9.17) is 5.53 Å². The van der Waals surface area contributed by atoms with Crippen LogP contribution in [0.1, 0.15) is 19.5 Å². The van der Waals surface area contributed by atoms with Gasteiger partial charge in [-0.05, 0) is 25.6 Å². The van der Waals surface area contributed by atoms with Crippen molar-refractivity contribution in [3.8, 4) is 0 Å². The molecule has 18 heavy (non-hydrogen) atoms. The first-order valence-electron chi connectivity index (χ1n) is 5.83. The molecule has 0 aliphatic heterocycles. The molecule has 0 unspecified atom stereocenters. The molecule has 6 heteroatoms. The van der Waals surface area contributed by atoms with Gasteiger partial charge in [0.1, 0.15) is 11.5 Å². The fourth-order valence-corrected chi connectivity index (χ4v) is 1.44. The number of nitrogens with one attached hydrogen (secondary N) is 3. The lowest BCUT2D eigenvalue weighted by atomic mass is 10.3. The molecular weight excluding hydrogens is 233 g/mol. The molecule has 0 saturated heterocycles. The normalized spacial score (nSPS) is 13.2. The van der Waals surface area contributed by atoms with Gasteiger partial charge < -0.3 is 10.6 Å². The standard InChI is InChI=1S/C12H18FN5/c1-3-16-9(2)6-15-8-12(18-14)11-5-4-10(13)7-17-11/h4-5,7-9,14-16H,3,6H2,1-2H3/b12-8-,18-14?/t9-/m0/s1. The summed E-state index contributed by atoms with van der Waals surface area (Å²) in [6.07, 6.45) is 2.72. The number of hydrogen-bond acceptors (Lipinski definition) is 5. The first kappa shape index (κ1) is 14.2. The number of pyridine rings is 1. The summed E-state index contributed by atoms with van der Waals surface area (Å²) in [6, 6.07) is 3.11. The number of halogens is 1. The fourth-order valence-electron chi connectivity index (χ4n) is 1.44. The smallest absolute Gasteiger partial charge is 0.141 e. The minimum Gasteiger partial charge on any atom is -0.387 e. The molecule has 0 spiro atoms. The Morgan fingerprint density at radius 2 is 2.39 bits per heavy atom. The molecule has 1 atom stereocenters. The fraction of sp³-hybridized carbons (Fsp3) is 0.417. The maximum absolute atomic E-state index is 12.7. The van der Waals surface area contributed by atoms with Crippen molar-refractivity contribution in [2.75, 3.05) is 13.1 Å². The summed E-state index contributed by atoms with van der Waals surface area (Å²) in [7, 11) is 0. The van der Waals surface area contributed by atoms with Crippen LogP contribution >= 0.6 is 0 Å². The molecule has 1 rings (SSSR count). The lowest BCUT2D eigenvalue weighted by molar-refractivity contribution is 0.548. The van der Waals surface area contributed by atoms with E-state index in [0.29, 0.717) is 24.0 Å². The van der Waals surface area contributed by atoms with Crippen LogP contribution in [-0.4, -0.2) is 24.1 Å². The zero-order valence-electron chi connectivity index (χ0n) is 10.6. The molecule has 98 valence electrons. The van der Waals surface area contributed by atoms with Gasteiger partial charge >= 0.3 is 0 Å². The van der Waals surface area contributed by atoms with Crippen LogP contribution in [0, 0.1) is 11.3 Å². The Balaban J connectivity index is 2.60. The molecule has 1 aromatic rings. The quantitative estimate of drug-likeness (QED) is 0.650. The lowest BCUT2D eigenvalue weighted by Gasteiger charge is -2.11. The molecule has 1 heterocycles. The van der Waals surface area contributed by atoms with E-state index in [0.717, 1.165) is 12.7 Å². The summed E-state index contributed by atoms with van der Waals surface area (Å²) in [4.78, 5) is 3.87. The van der Waals surface area contributed by atoms with E-state index in [1.165, 1.54) is 12.1 Å². The van der Waals surface area contributed by atoms with Crippen molar-refractivity contribution in [1.29, 1.82) is 5.53 Å². The van der Waals surface area contributed by atoms with Crippen molar-refractivity contribution < 1.29 is 4.39 Å². The van der Waals surface area contributed by atoms with Crippen LogP contribution in [0.4, 0.5) is 4.39 Å². The van der Waals surface area contributed by atoms with Gasteiger partial charge in [0.25, 0.3) is 0 Å². The molecule has 0 fully saturated rings. The van der Waals surface area contributed by atoms with Crippen molar-refractivity contribution in [3.63, 3.8) is 0 Å². The largest absolute Gasteiger partial charge is 0.387 e. The number of nitrogens with zero attached hydrogens (tertiary/aromatic N) is 2. The van der Waals surface area contributed by atoms with Gasteiger partial charge in [-0.15, -0.1) is 0 Å². The predicted molar refractivity (Wildman–Crippen MR) is 68.5 cm³/mol. The van der Waals surface area contributed by atoms with Gasteiger partial charge in [-0.1, -0.05) is 6.92 Å². The average molecular weight is 251 g/mol. The molecule has 0 saturated carbocycles. The van der Waals surface area contributed by atoms with Crippen molar-refractivity contribution in [1.82, 2.24) is 15.6 Å². The molecule has 3 N–H and O–H groups in total. The summed E-state index contributed by atoms with van der Waals surface area (Å²) < 4.78 is 12.7. The van der Waals surface area contributed by atoms with E-state index in [2.05, 4.69) is 27.7 Å². The molecule has 1 aromatic heterocycles. The second kappa shape index (κ2) is 7.50. The first-order valence-corrected chi connectivity index (χ1v) is 5.83. The molecule has 0 aliphatic carbocycles. The minimum absolute atomic E-state index is 0.319. The van der Waals surface area contributed by atoms with Crippen LogP contribution in [0.3, 0.4) is 0 Å². The van der Waals surface area contributed by atoms with E-state index in [1.54, 1.807) is 6.20 Å². The van der Waals surface area contributed by atoms with Crippen LogP contribution < -0.4 is 10.6 Å². The second-order valence-electron chi connectivity index (χ2n) is 3.87. The Bertz CT molecular complexity index is 401. The predicted octanol–water partition coefficient (Wildman–Crippen LogP) is 2.14. The van der Waals surface area contributed by atoms with Gasteiger partial charge in [0.2, 0.25) is 0 Å². The van der Waals surface area contributed by atoms with Gasteiger partial charge in [-0.25, -0.2) is 9.92 Å². The van der Waals surface area contributed by atoms with Gasteiger partial charge in [0.05, 0.1) is 11.9 Å². The highest BCUT2D eigenvalue weighted by Gasteiger charge is 2.03. The number of likely N-dealkylation sites (N-methyl/N-ethyl adjacent to an activating group) is 1. The maximum Gasteiger partial charge on any atom is 0.141 e. The number of hydrogen-bond donors (Lipinski definition) is 3. The monoisotopic (exact) mass is 251 g/mol. The topological polar surface area (TPSA) is 73.2 Å². The average Bonchev–Trinajstić information content (AvgIpc) is 2.36. The van der Waals surface area contributed by atoms with Gasteiger partial charge in [-0.3, -0.25) is 4.98 Å². The van der Waals surface area contributed by atoms with Crippen molar-refractivity contribution in [3.05, 3.63) is 36.0 Å². The molecule has 0 bridgehead atoms. The summed E-state index contributed by atoms with van der Waals surface area (Å²) in [5, 5.41) is 9.69. The van der Waals surface area contributed by atoms with Crippen molar-refractivity contribution in [2.24, 2.45) is 5.11 Å². The Morgan fingerprint density at radius 3 is 2.94 bits per heavy atom.